The molecule has 95 valence electrons. The van der Waals surface area contributed by atoms with Gasteiger partial charge in [-0.15, -0.1) is 0 Å². The molecule has 1 radical (unpaired) electrons. The molecule has 0 atom stereocenters. The highest BCUT2D eigenvalue weighted by molar-refractivity contribution is 5.98. The lowest BCUT2D eigenvalue weighted by molar-refractivity contribution is 0.746. The molecule has 0 unspecified atom stereocenters. The Kier molecular flexibility index (Phi) is 3.50. The first-order chi connectivity index (χ1) is 9.36. The summed E-state index contributed by atoms with van der Waals surface area (Å²) in [7, 11) is 0. The minimum absolute atomic E-state index is 1.04. The number of hydrogen-bond acceptors (Lipinski definition) is 0. The number of benzene rings is 3. The molecule has 0 amide bonds. The zero-order chi connectivity index (χ0) is 13.1. The number of fused-ring (bicyclic) bond motifs is 2. The normalized spacial score (nSPS) is 11.2. The van der Waals surface area contributed by atoms with E-state index in [4.69, 9.17) is 0 Å². The maximum atomic E-state index is 3.90. The number of unbranched alkanes of at least 4 members (excludes halogenated alkanes) is 2. The summed E-state index contributed by atoms with van der Waals surface area (Å²) in [5, 5.41) is 5.33. The summed E-state index contributed by atoms with van der Waals surface area (Å²) in [5.41, 5.74) is 1.44. The van der Waals surface area contributed by atoms with Crippen molar-refractivity contribution >= 4 is 21.5 Å². The van der Waals surface area contributed by atoms with Gasteiger partial charge < -0.3 is 0 Å². The van der Waals surface area contributed by atoms with Crippen LogP contribution in [-0.4, -0.2) is 0 Å². The highest BCUT2D eigenvalue weighted by atomic mass is 14.0. The van der Waals surface area contributed by atoms with E-state index in [2.05, 4.69) is 61.5 Å². The van der Waals surface area contributed by atoms with Gasteiger partial charge in [0, 0.05) is 0 Å². The Bertz CT molecular complexity index is 695. The van der Waals surface area contributed by atoms with Crippen molar-refractivity contribution in [3.63, 3.8) is 0 Å². The highest BCUT2D eigenvalue weighted by Crippen LogP contribution is 2.24. The predicted octanol–water partition coefficient (Wildman–Crippen LogP) is 5.54. The fourth-order valence-electron chi connectivity index (χ4n) is 2.65. The minimum Gasteiger partial charge on any atom is -0.0616 e. The van der Waals surface area contributed by atoms with Crippen LogP contribution in [0.15, 0.2) is 54.6 Å². The van der Waals surface area contributed by atoms with Crippen LogP contribution in [-0.2, 0) is 6.42 Å². The average Bonchev–Trinajstić information content (AvgIpc) is 2.45. The van der Waals surface area contributed by atoms with Gasteiger partial charge in [0.25, 0.3) is 0 Å². The average molecular weight is 247 g/mol. The van der Waals surface area contributed by atoms with Gasteiger partial charge in [-0.2, -0.15) is 0 Å². The molecular formula is C19H19. The maximum absolute atomic E-state index is 3.90. The molecule has 3 rings (SSSR count). The molecule has 0 aliphatic carbocycles. The minimum atomic E-state index is 1.04. The van der Waals surface area contributed by atoms with Crippen LogP contribution in [0.2, 0.25) is 0 Å². The van der Waals surface area contributed by atoms with Gasteiger partial charge in [-0.25, -0.2) is 0 Å². The van der Waals surface area contributed by atoms with Crippen molar-refractivity contribution in [3.05, 3.63) is 67.1 Å². The Morgan fingerprint density at radius 3 is 2.11 bits per heavy atom. The van der Waals surface area contributed by atoms with E-state index in [0.717, 1.165) is 12.8 Å². The van der Waals surface area contributed by atoms with Gasteiger partial charge in [0.05, 0.1) is 0 Å². The molecule has 0 saturated heterocycles. The van der Waals surface area contributed by atoms with E-state index in [9.17, 15) is 0 Å². The third-order valence-corrected chi connectivity index (χ3v) is 3.73. The third kappa shape index (κ3) is 2.63. The lowest BCUT2D eigenvalue weighted by Gasteiger charge is -2.05. The molecule has 0 aromatic heterocycles. The third-order valence-electron chi connectivity index (χ3n) is 3.73. The van der Waals surface area contributed by atoms with Crippen LogP contribution in [0.1, 0.15) is 24.8 Å². The monoisotopic (exact) mass is 247 g/mol. The fourth-order valence-corrected chi connectivity index (χ4v) is 2.65. The molecule has 0 aliphatic heterocycles. The van der Waals surface area contributed by atoms with E-state index in [1.807, 2.05) is 0 Å². The maximum Gasteiger partial charge on any atom is -0.0175 e. The first-order valence-corrected chi connectivity index (χ1v) is 7.07. The molecule has 0 fully saturated rings. The molecule has 19 heavy (non-hydrogen) atoms. The zero-order valence-corrected chi connectivity index (χ0v) is 11.2. The number of rotatable bonds is 4. The lowest BCUT2D eigenvalue weighted by atomic mass is 9.99. The van der Waals surface area contributed by atoms with E-state index in [1.54, 1.807) is 0 Å². The van der Waals surface area contributed by atoms with Gasteiger partial charge in [0.1, 0.15) is 0 Å². The molecule has 0 heteroatoms. The Balaban J connectivity index is 1.99. The molecule has 0 aliphatic rings. The highest BCUT2D eigenvalue weighted by Gasteiger charge is 1.99. The van der Waals surface area contributed by atoms with Crippen molar-refractivity contribution < 1.29 is 0 Å². The quantitative estimate of drug-likeness (QED) is 0.419. The van der Waals surface area contributed by atoms with Crippen LogP contribution in [0.25, 0.3) is 21.5 Å². The SMILES string of the molecule is [CH2]CCCCc1ccc2cc3ccccc3cc2c1. The molecular weight excluding hydrogens is 228 g/mol. The van der Waals surface area contributed by atoms with Crippen LogP contribution >= 0.6 is 0 Å². The smallest absolute Gasteiger partial charge is 0.0175 e. The first-order valence-electron chi connectivity index (χ1n) is 7.07. The van der Waals surface area contributed by atoms with Gasteiger partial charge in [0.15, 0.2) is 0 Å². The molecule has 0 heterocycles. The van der Waals surface area contributed by atoms with Gasteiger partial charge in [-0.05, 0) is 52.1 Å². The molecule has 3 aromatic rings. The van der Waals surface area contributed by atoms with E-state index in [-0.39, 0.29) is 0 Å². The molecule has 0 saturated carbocycles. The second-order valence-corrected chi connectivity index (χ2v) is 5.19. The van der Waals surface area contributed by atoms with Gasteiger partial charge in [0.2, 0.25) is 0 Å². The second-order valence-electron chi connectivity index (χ2n) is 5.19. The summed E-state index contributed by atoms with van der Waals surface area (Å²) in [6.07, 6.45) is 4.66. The van der Waals surface area contributed by atoms with Crippen LogP contribution in [0.4, 0.5) is 0 Å². The Morgan fingerprint density at radius 1 is 0.684 bits per heavy atom. The molecule has 0 nitrogen and oxygen atoms in total. The molecule has 0 N–H and O–H groups in total. The zero-order valence-electron chi connectivity index (χ0n) is 11.2. The van der Waals surface area contributed by atoms with Crippen molar-refractivity contribution in [1.29, 1.82) is 0 Å². The van der Waals surface area contributed by atoms with Crippen LogP contribution < -0.4 is 0 Å². The summed E-state index contributed by atoms with van der Waals surface area (Å²) in [6.45, 7) is 3.90. The van der Waals surface area contributed by atoms with E-state index >= 15 is 0 Å². The van der Waals surface area contributed by atoms with Crippen LogP contribution in [0, 0.1) is 6.92 Å². The number of hydrogen-bond donors (Lipinski definition) is 0. The van der Waals surface area contributed by atoms with Crippen molar-refractivity contribution in [1.82, 2.24) is 0 Å². The van der Waals surface area contributed by atoms with Crippen molar-refractivity contribution in [3.8, 4) is 0 Å². The van der Waals surface area contributed by atoms with Crippen LogP contribution in [0.3, 0.4) is 0 Å². The van der Waals surface area contributed by atoms with Crippen LogP contribution in [0.5, 0.6) is 0 Å². The fraction of sp³-hybridized carbons (Fsp3) is 0.211. The molecule has 0 bridgehead atoms. The van der Waals surface area contributed by atoms with Crippen molar-refractivity contribution in [2.45, 2.75) is 25.7 Å². The van der Waals surface area contributed by atoms with Gasteiger partial charge in [-0.1, -0.05) is 62.2 Å². The summed E-state index contributed by atoms with van der Waals surface area (Å²) in [6, 6.07) is 20.0. The Morgan fingerprint density at radius 2 is 1.37 bits per heavy atom. The Labute approximate surface area is 115 Å². The largest absolute Gasteiger partial charge is 0.0616 e. The van der Waals surface area contributed by atoms with E-state index in [0.29, 0.717) is 0 Å². The summed E-state index contributed by atoms with van der Waals surface area (Å²) in [5.74, 6) is 0. The van der Waals surface area contributed by atoms with Crippen molar-refractivity contribution in [2.24, 2.45) is 0 Å². The van der Waals surface area contributed by atoms with Crippen molar-refractivity contribution in [2.75, 3.05) is 0 Å². The van der Waals surface area contributed by atoms with Gasteiger partial charge >= 0.3 is 0 Å². The lowest BCUT2D eigenvalue weighted by Crippen LogP contribution is -1.86. The second kappa shape index (κ2) is 5.44. The molecule has 3 aromatic carbocycles. The predicted molar refractivity (Wildman–Crippen MR) is 84.4 cm³/mol. The summed E-state index contributed by atoms with van der Waals surface area (Å²) < 4.78 is 0. The topological polar surface area (TPSA) is 0 Å². The van der Waals surface area contributed by atoms with Gasteiger partial charge in [-0.3, -0.25) is 0 Å². The summed E-state index contributed by atoms with van der Waals surface area (Å²) >= 11 is 0. The van der Waals surface area contributed by atoms with E-state index in [1.165, 1.54) is 39.9 Å². The standard InChI is InChI=1S/C19H19/c1-2-3-4-7-15-10-11-18-13-16-8-5-6-9-17(16)14-19(18)12-15/h5-6,8-14H,1-4,7H2. The molecule has 0 spiro atoms. The van der Waals surface area contributed by atoms with E-state index < -0.39 is 0 Å². The summed E-state index contributed by atoms with van der Waals surface area (Å²) in [4.78, 5) is 0. The number of aryl methyl sites for hydroxylation is 1. The Hall–Kier alpha value is -1.82. The first kappa shape index (κ1) is 12.2.